The Morgan fingerprint density at radius 3 is 2.65 bits per heavy atom. The van der Waals surface area contributed by atoms with Crippen molar-refractivity contribution in [3.63, 3.8) is 0 Å². The fraction of sp³-hybridized carbons (Fsp3) is 0.562. The molecule has 0 aromatic heterocycles. The molecule has 0 unspecified atom stereocenters. The van der Waals surface area contributed by atoms with Crippen molar-refractivity contribution in [1.29, 1.82) is 0 Å². The second-order valence-electron chi connectivity index (χ2n) is 5.90. The maximum absolute atomic E-state index is 11.9. The van der Waals surface area contributed by atoms with E-state index in [2.05, 4.69) is 5.32 Å². The molecular weight excluding hydrogens is 252 g/mol. The van der Waals surface area contributed by atoms with Crippen LogP contribution in [0.15, 0.2) is 18.2 Å². The quantitative estimate of drug-likeness (QED) is 0.841. The highest BCUT2D eigenvalue weighted by atomic mass is 16.5. The lowest BCUT2D eigenvalue weighted by atomic mass is 10.0. The number of amides is 1. The average molecular weight is 278 g/mol. The van der Waals surface area contributed by atoms with Gasteiger partial charge < -0.3 is 15.8 Å². The van der Waals surface area contributed by atoms with Crippen molar-refractivity contribution in [2.75, 3.05) is 6.61 Å². The van der Waals surface area contributed by atoms with Gasteiger partial charge in [-0.1, -0.05) is 19.1 Å². The molecule has 0 radical (unpaired) electrons. The number of hydrogen-bond acceptors (Lipinski definition) is 3. The zero-order chi connectivity index (χ0) is 15.3. The van der Waals surface area contributed by atoms with E-state index in [1.807, 2.05) is 52.8 Å². The number of nitrogens with two attached hydrogens (primary N) is 1. The van der Waals surface area contributed by atoms with Gasteiger partial charge in [0.25, 0.3) is 5.91 Å². The molecular formula is C16H26N2O2. The van der Waals surface area contributed by atoms with Crippen molar-refractivity contribution in [2.45, 2.75) is 52.6 Å². The van der Waals surface area contributed by atoms with Gasteiger partial charge >= 0.3 is 0 Å². The summed E-state index contributed by atoms with van der Waals surface area (Å²) in [5.74, 6) is 0.568. The second kappa shape index (κ2) is 6.75. The van der Waals surface area contributed by atoms with Crippen molar-refractivity contribution in [3.8, 4) is 5.75 Å². The molecule has 1 atom stereocenters. The predicted octanol–water partition coefficient (Wildman–Crippen LogP) is 2.70. The van der Waals surface area contributed by atoms with Gasteiger partial charge in [0.1, 0.15) is 5.75 Å². The molecule has 112 valence electrons. The lowest BCUT2D eigenvalue weighted by molar-refractivity contribution is -0.124. The van der Waals surface area contributed by atoms with Crippen LogP contribution in [0.3, 0.4) is 0 Å². The summed E-state index contributed by atoms with van der Waals surface area (Å²) in [5.41, 5.74) is 7.70. The van der Waals surface area contributed by atoms with Gasteiger partial charge in [-0.3, -0.25) is 4.79 Å². The highest BCUT2D eigenvalue weighted by Crippen LogP contribution is 2.25. The summed E-state index contributed by atoms with van der Waals surface area (Å²) in [5, 5.41) is 2.94. The summed E-state index contributed by atoms with van der Waals surface area (Å²) in [6.45, 7) is 9.91. The highest BCUT2D eigenvalue weighted by Gasteiger charge is 2.18. The minimum absolute atomic E-state index is 0.00655. The lowest BCUT2D eigenvalue weighted by Gasteiger charge is -2.24. The zero-order valence-corrected chi connectivity index (χ0v) is 13.1. The van der Waals surface area contributed by atoms with Gasteiger partial charge in [-0.05, 0) is 45.7 Å². The molecule has 1 aromatic rings. The molecule has 0 saturated heterocycles. The molecule has 3 N–H and O–H groups in total. The van der Waals surface area contributed by atoms with Crippen LogP contribution in [0.5, 0.6) is 5.75 Å². The number of ether oxygens (including phenoxy) is 1. The highest BCUT2D eigenvalue weighted by molar-refractivity contribution is 5.78. The zero-order valence-electron chi connectivity index (χ0n) is 13.1. The average Bonchev–Trinajstić information content (AvgIpc) is 2.35. The van der Waals surface area contributed by atoms with Gasteiger partial charge in [-0.25, -0.2) is 0 Å². The van der Waals surface area contributed by atoms with Gasteiger partial charge in [0.15, 0.2) is 6.61 Å². The van der Waals surface area contributed by atoms with Crippen LogP contribution >= 0.6 is 0 Å². The Morgan fingerprint density at radius 1 is 1.45 bits per heavy atom. The monoisotopic (exact) mass is 278 g/mol. The van der Waals surface area contributed by atoms with Gasteiger partial charge in [-0.15, -0.1) is 0 Å². The van der Waals surface area contributed by atoms with E-state index in [0.29, 0.717) is 5.75 Å². The van der Waals surface area contributed by atoms with Crippen LogP contribution in [0.2, 0.25) is 0 Å². The SMILES string of the molecule is CCC(C)(C)NC(=O)COc1cc(C)ccc1[C@H](C)N. The van der Waals surface area contributed by atoms with Crippen LogP contribution in [-0.4, -0.2) is 18.1 Å². The largest absolute Gasteiger partial charge is 0.483 e. The van der Waals surface area contributed by atoms with E-state index < -0.39 is 0 Å². The fourth-order valence-corrected chi connectivity index (χ4v) is 1.79. The Hall–Kier alpha value is -1.55. The van der Waals surface area contributed by atoms with E-state index in [-0.39, 0.29) is 24.1 Å². The molecule has 0 aliphatic carbocycles. The summed E-state index contributed by atoms with van der Waals surface area (Å²) in [7, 11) is 0. The molecule has 0 aliphatic rings. The third kappa shape index (κ3) is 4.85. The third-order valence-electron chi connectivity index (χ3n) is 3.38. The molecule has 0 spiro atoms. The lowest BCUT2D eigenvalue weighted by Crippen LogP contribution is -2.44. The standard InChI is InChI=1S/C16H26N2O2/c1-6-16(4,5)18-15(19)10-20-14-9-11(2)7-8-13(14)12(3)17/h7-9,12H,6,10,17H2,1-5H3,(H,18,19)/t12-/m0/s1. The molecule has 0 fully saturated rings. The summed E-state index contributed by atoms with van der Waals surface area (Å²) in [6, 6.07) is 5.73. The van der Waals surface area contributed by atoms with E-state index in [4.69, 9.17) is 10.5 Å². The Bertz CT molecular complexity index is 468. The first-order valence-electron chi connectivity index (χ1n) is 7.05. The second-order valence-corrected chi connectivity index (χ2v) is 5.90. The van der Waals surface area contributed by atoms with Crippen LogP contribution in [0.25, 0.3) is 0 Å². The maximum Gasteiger partial charge on any atom is 0.258 e. The molecule has 1 rings (SSSR count). The number of carbonyl (C=O) groups is 1. The molecule has 20 heavy (non-hydrogen) atoms. The Labute approximate surface area is 121 Å². The third-order valence-corrected chi connectivity index (χ3v) is 3.38. The molecule has 1 amide bonds. The molecule has 0 heterocycles. The van der Waals surface area contributed by atoms with Crippen molar-refractivity contribution >= 4 is 5.91 Å². The first kappa shape index (κ1) is 16.5. The van der Waals surface area contributed by atoms with Crippen LogP contribution in [0, 0.1) is 6.92 Å². The van der Waals surface area contributed by atoms with E-state index >= 15 is 0 Å². The number of nitrogens with one attached hydrogen (secondary N) is 1. The van der Waals surface area contributed by atoms with Crippen LogP contribution in [0.1, 0.15) is 51.3 Å². The first-order chi connectivity index (χ1) is 9.25. The Kier molecular flexibility index (Phi) is 5.57. The normalized spacial score (nSPS) is 12.9. The summed E-state index contributed by atoms with van der Waals surface area (Å²) < 4.78 is 5.64. The van der Waals surface area contributed by atoms with Gasteiger partial charge in [0, 0.05) is 17.1 Å². The molecule has 4 heteroatoms. The topological polar surface area (TPSA) is 64.3 Å². The van der Waals surface area contributed by atoms with Crippen LogP contribution in [0.4, 0.5) is 0 Å². The minimum atomic E-state index is -0.211. The molecule has 0 bridgehead atoms. The van der Waals surface area contributed by atoms with E-state index in [1.165, 1.54) is 0 Å². The van der Waals surface area contributed by atoms with Crippen LogP contribution in [-0.2, 0) is 4.79 Å². The van der Waals surface area contributed by atoms with Crippen molar-refractivity contribution in [2.24, 2.45) is 5.73 Å². The fourth-order valence-electron chi connectivity index (χ4n) is 1.79. The van der Waals surface area contributed by atoms with E-state index in [9.17, 15) is 4.79 Å². The Balaban J connectivity index is 2.70. The van der Waals surface area contributed by atoms with Gasteiger partial charge in [0.2, 0.25) is 0 Å². The molecule has 0 saturated carbocycles. The van der Waals surface area contributed by atoms with Crippen molar-refractivity contribution in [1.82, 2.24) is 5.32 Å². The summed E-state index contributed by atoms with van der Waals surface area (Å²) >= 11 is 0. The molecule has 0 aliphatic heterocycles. The minimum Gasteiger partial charge on any atom is -0.483 e. The Morgan fingerprint density at radius 2 is 2.10 bits per heavy atom. The van der Waals surface area contributed by atoms with Crippen LogP contribution < -0.4 is 15.8 Å². The van der Waals surface area contributed by atoms with Gasteiger partial charge in [-0.2, -0.15) is 0 Å². The van der Waals surface area contributed by atoms with Gasteiger partial charge in [0.05, 0.1) is 0 Å². The predicted molar refractivity (Wildman–Crippen MR) is 81.8 cm³/mol. The number of rotatable bonds is 6. The van der Waals surface area contributed by atoms with Crippen molar-refractivity contribution < 1.29 is 9.53 Å². The smallest absolute Gasteiger partial charge is 0.258 e. The number of hydrogen-bond donors (Lipinski definition) is 2. The van der Waals surface area contributed by atoms with E-state index in [1.54, 1.807) is 0 Å². The van der Waals surface area contributed by atoms with Crippen molar-refractivity contribution in [3.05, 3.63) is 29.3 Å². The number of aryl methyl sites for hydroxylation is 1. The summed E-state index contributed by atoms with van der Waals surface area (Å²) in [4.78, 5) is 11.9. The van der Waals surface area contributed by atoms with E-state index in [0.717, 1.165) is 17.5 Å². The summed E-state index contributed by atoms with van der Waals surface area (Å²) in [6.07, 6.45) is 0.869. The number of carbonyl (C=O) groups excluding carboxylic acids is 1. The molecule has 4 nitrogen and oxygen atoms in total. The number of benzene rings is 1. The maximum atomic E-state index is 11.9. The first-order valence-corrected chi connectivity index (χ1v) is 7.05. The molecule has 1 aromatic carbocycles.